The van der Waals surface area contributed by atoms with Gasteiger partial charge in [-0.15, -0.1) is 0 Å². The molecule has 0 radical (unpaired) electrons. The third-order valence-corrected chi connectivity index (χ3v) is 7.06. The van der Waals surface area contributed by atoms with Crippen molar-refractivity contribution in [1.29, 1.82) is 0 Å². The smallest absolute Gasteiger partial charge is 0.265 e. The molecule has 1 saturated heterocycles. The quantitative estimate of drug-likeness (QED) is 0.736. The van der Waals surface area contributed by atoms with Gasteiger partial charge in [0.25, 0.3) is 5.91 Å². The molecule has 3 rings (SSSR count). The van der Waals surface area contributed by atoms with E-state index in [2.05, 4.69) is 5.32 Å². The van der Waals surface area contributed by atoms with Gasteiger partial charge in [0.05, 0.1) is 10.7 Å². The van der Waals surface area contributed by atoms with Crippen LogP contribution in [0.25, 0.3) is 0 Å². The van der Waals surface area contributed by atoms with Crippen molar-refractivity contribution in [2.24, 2.45) is 18.7 Å². The van der Waals surface area contributed by atoms with Gasteiger partial charge in [-0.1, -0.05) is 11.6 Å². The van der Waals surface area contributed by atoms with Crippen LogP contribution in [0.4, 0.5) is 10.1 Å². The van der Waals surface area contributed by atoms with Crippen molar-refractivity contribution in [2.75, 3.05) is 18.4 Å². The van der Waals surface area contributed by atoms with E-state index in [1.807, 2.05) is 0 Å². The molecule has 0 saturated carbocycles. The summed E-state index contributed by atoms with van der Waals surface area (Å²) in [4.78, 5) is 23.8. The highest BCUT2D eigenvalue weighted by atomic mass is 35.5. The lowest BCUT2D eigenvalue weighted by atomic mass is 9.97. The number of nitrogens with zero attached hydrogens (tertiary/aromatic N) is 2. The summed E-state index contributed by atoms with van der Waals surface area (Å²) in [5, 5.41) is 2.75. The summed E-state index contributed by atoms with van der Waals surface area (Å²) >= 11 is 5.92. The average molecular weight is 443 g/mol. The number of hydrogen-bond donors (Lipinski definition) is 2. The Morgan fingerprint density at radius 3 is 2.45 bits per heavy atom. The van der Waals surface area contributed by atoms with Crippen molar-refractivity contribution < 1.29 is 22.4 Å². The van der Waals surface area contributed by atoms with E-state index < -0.39 is 27.7 Å². The molecule has 3 N–H and O–H groups in total. The number of piperidine rings is 1. The number of aryl methyl sites for hydroxylation is 1. The number of carbonyl (C=O) groups is 2. The van der Waals surface area contributed by atoms with E-state index in [1.165, 1.54) is 40.3 Å². The number of carbonyl (C=O) groups excluding carboxylic acids is 2. The molecule has 0 unspecified atom stereocenters. The Bertz CT molecular complexity index is 1060. The van der Waals surface area contributed by atoms with Gasteiger partial charge in [0, 0.05) is 32.3 Å². The molecule has 1 aliphatic rings. The molecular formula is C18H20ClFN4O4S. The third-order valence-electron chi connectivity index (χ3n) is 4.88. The summed E-state index contributed by atoms with van der Waals surface area (Å²) in [6, 6.07) is 4.91. The molecule has 2 aromatic rings. The lowest BCUT2D eigenvalue weighted by molar-refractivity contribution is -0.120. The molecule has 0 atom stereocenters. The van der Waals surface area contributed by atoms with Crippen LogP contribution in [0.2, 0.25) is 5.02 Å². The summed E-state index contributed by atoms with van der Waals surface area (Å²) < 4.78 is 41.4. The van der Waals surface area contributed by atoms with Crippen LogP contribution in [0.1, 0.15) is 23.3 Å². The number of rotatable bonds is 5. The molecule has 2 heterocycles. The fraction of sp³-hybridized carbons (Fsp3) is 0.333. The van der Waals surface area contributed by atoms with Crippen molar-refractivity contribution in [3.63, 3.8) is 0 Å². The van der Waals surface area contributed by atoms with E-state index >= 15 is 0 Å². The van der Waals surface area contributed by atoms with Gasteiger partial charge in [-0.3, -0.25) is 9.59 Å². The number of halogens is 2. The van der Waals surface area contributed by atoms with E-state index in [0.717, 1.165) is 6.07 Å². The second-order valence-corrected chi connectivity index (χ2v) is 9.17. The monoisotopic (exact) mass is 442 g/mol. The summed E-state index contributed by atoms with van der Waals surface area (Å²) in [7, 11) is -2.27. The van der Waals surface area contributed by atoms with Gasteiger partial charge in [0.15, 0.2) is 0 Å². The average Bonchev–Trinajstić information content (AvgIpc) is 3.07. The maximum atomic E-state index is 13.1. The SMILES string of the molecule is Cn1cc(S(=O)(=O)N2CCC(C(=O)Nc3ccc(F)cc3Cl)CC2)cc1C(N)=O. The Hall–Kier alpha value is -2.43. The van der Waals surface area contributed by atoms with Crippen LogP contribution < -0.4 is 11.1 Å². The van der Waals surface area contributed by atoms with Gasteiger partial charge in [-0.2, -0.15) is 4.31 Å². The number of nitrogens with two attached hydrogens (primary N) is 1. The number of primary amides is 1. The van der Waals surface area contributed by atoms with Gasteiger partial charge in [-0.05, 0) is 37.1 Å². The lowest BCUT2D eigenvalue weighted by Gasteiger charge is -2.30. The minimum Gasteiger partial charge on any atom is -0.364 e. The number of hydrogen-bond acceptors (Lipinski definition) is 4. The number of benzene rings is 1. The molecule has 0 aliphatic carbocycles. The number of nitrogens with one attached hydrogen (secondary N) is 1. The first-order chi connectivity index (χ1) is 13.6. The van der Waals surface area contributed by atoms with Gasteiger partial charge in [0.2, 0.25) is 15.9 Å². The van der Waals surface area contributed by atoms with Gasteiger partial charge >= 0.3 is 0 Å². The van der Waals surface area contributed by atoms with E-state index in [1.54, 1.807) is 0 Å². The molecule has 156 valence electrons. The first kappa shape index (κ1) is 21.3. The van der Waals surface area contributed by atoms with E-state index in [4.69, 9.17) is 17.3 Å². The van der Waals surface area contributed by atoms with Crippen LogP contribution in [-0.2, 0) is 21.9 Å². The Morgan fingerprint density at radius 2 is 1.90 bits per heavy atom. The first-order valence-corrected chi connectivity index (χ1v) is 10.6. The van der Waals surface area contributed by atoms with Gasteiger partial charge < -0.3 is 15.6 Å². The van der Waals surface area contributed by atoms with Crippen LogP contribution in [0.3, 0.4) is 0 Å². The predicted octanol–water partition coefficient (Wildman–Crippen LogP) is 1.96. The summed E-state index contributed by atoms with van der Waals surface area (Å²) in [5.41, 5.74) is 5.63. The van der Waals surface area contributed by atoms with E-state index in [0.29, 0.717) is 18.5 Å². The molecule has 1 aromatic heterocycles. The highest BCUT2D eigenvalue weighted by molar-refractivity contribution is 7.89. The van der Waals surface area contributed by atoms with Crippen molar-refractivity contribution in [3.8, 4) is 0 Å². The number of amides is 2. The molecular weight excluding hydrogens is 423 g/mol. The summed E-state index contributed by atoms with van der Waals surface area (Å²) in [5.74, 6) is -1.93. The van der Waals surface area contributed by atoms with Crippen LogP contribution >= 0.6 is 11.6 Å². The minimum absolute atomic E-state index is 0.0187. The summed E-state index contributed by atoms with van der Waals surface area (Å²) in [6.07, 6.45) is 1.98. The fourth-order valence-electron chi connectivity index (χ4n) is 3.25. The number of aromatic nitrogens is 1. The Morgan fingerprint density at radius 1 is 1.24 bits per heavy atom. The minimum atomic E-state index is -3.81. The molecule has 2 amide bonds. The zero-order valence-corrected chi connectivity index (χ0v) is 17.1. The van der Waals surface area contributed by atoms with Crippen LogP contribution in [0.15, 0.2) is 35.4 Å². The Labute approximate surface area is 172 Å². The van der Waals surface area contributed by atoms with Crippen LogP contribution in [-0.4, -0.2) is 42.2 Å². The standard InChI is InChI=1S/C18H20ClFN4O4S/c1-23-10-13(9-16(23)17(21)25)29(27,28)24-6-4-11(5-7-24)18(26)22-15-3-2-12(20)8-14(15)19/h2-3,8-11H,4-7H2,1H3,(H2,21,25)(H,22,26). The van der Waals surface area contributed by atoms with E-state index in [9.17, 15) is 22.4 Å². The second-order valence-electron chi connectivity index (χ2n) is 6.83. The van der Waals surface area contributed by atoms with Crippen molar-refractivity contribution in [3.05, 3.63) is 47.0 Å². The van der Waals surface area contributed by atoms with Crippen LogP contribution in [0, 0.1) is 11.7 Å². The largest absolute Gasteiger partial charge is 0.364 e. The Balaban J connectivity index is 1.65. The molecule has 8 nitrogen and oxygen atoms in total. The molecule has 1 aliphatic heterocycles. The van der Waals surface area contributed by atoms with Crippen molar-refractivity contribution >= 4 is 39.1 Å². The second kappa shape index (κ2) is 8.13. The fourth-order valence-corrected chi connectivity index (χ4v) is 5.01. The molecule has 0 spiro atoms. The predicted molar refractivity (Wildman–Crippen MR) is 105 cm³/mol. The zero-order chi connectivity index (χ0) is 21.3. The molecule has 0 bridgehead atoms. The topological polar surface area (TPSA) is 114 Å². The maximum Gasteiger partial charge on any atom is 0.265 e. The molecule has 1 fully saturated rings. The van der Waals surface area contributed by atoms with Gasteiger partial charge in [-0.25, -0.2) is 12.8 Å². The highest BCUT2D eigenvalue weighted by Gasteiger charge is 2.33. The van der Waals surface area contributed by atoms with Crippen molar-refractivity contribution in [2.45, 2.75) is 17.7 Å². The zero-order valence-electron chi connectivity index (χ0n) is 15.6. The van der Waals surface area contributed by atoms with Crippen LogP contribution in [0.5, 0.6) is 0 Å². The molecule has 1 aromatic carbocycles. The molecule has 11 heteroatoms. The lowest BCUT2D eigenvalue weighted by Crippen LogP contribution is -2.41. The summed E-state index contributed by atoms with van der Waals surface area (Å²) in [6.45, 7) is 0.302. The van der Waals surface area contributed by atoms with Crippen molar-refractivity contribution in [1.82, 2.24) is 8.87 Å². The van der Waals surface area contributed by atoms with Gasteiger partial charge in [0.1, 0.15) is 16.4 Å². The highest BCUT2D eigenvalue weighted by Crippen LogP contribution is 2.27. The number of anilines is 1. The molecule has 29 heavy (non-hydrogen) atoms. The third kappa shape index (κ3) is 4.44. The van der Waals surface area contributed by atoms with E-state index in [-0.39, 0.29) is 34.6 Å². The Kier molecular flexibility index (Phi) is 5.97. The first-order valence-electron chi connectivity index (χ1n) is 8.82. The number of sulfonamides is 1. The normalized spacial score (nSPS) is 16.0. The maximum absolute atomic E-state index is 13.1.